The van der Waals surface area contributed by atoms with Crippen molar-refractivity contribution < 1.29 is 37.3 Å². The zero-order chi connectivity index (χ0) is 29.3. The maximum absolute atomic E-state index is 14.1. The van der Waals surface area contributed by atoms with Gasteiger partial charge in [0.1, 0.15) is 11.5 Å². The van der Waals surface area contributed by atoms with E-state index in [1.807, 2.05) is 0 Å². The molecular formula is C29H34ClF3N2O5. The number of benzene rings is 2. The van der Waals surface area contributed by atoms with Crippen molar-refractivity contribution in [2.24, 2.45) is 11.3 Å². The minimum Gasteiger partial charge on any atom is -0.497 e. The first kappa shape index (κ1) is 30.0. The van der Waals surface area contributed by atoms with Crippen molar-refractivity contribution >= 4 is 23.4 Å². The van der Waals surface area contributed by atoms with E-state index in [-0.39, 0.29) is 30.2 Å². The Morgan fingerprint density at radius 2 is 1.82 bits per heavy atom. The van der Waals surface area contributed by atoms with Gasteiger partial charge in [0.2, 0.25) is 0 Å². The molecule has 1 saturated carbocycles. The van der Waals surface area contributed by atoms with Crippen LogP contribution in [0.15, 0.2) is 42.5 Å². The maximum Gasteiger partial charge on any atom is 0.430 e. The van der Waals surface area contributed by atoms with Gasteiger partial charge in [0.15, 0.2) is 0 Å². The molecule has 2 aromatic carbocycles. The predicted molar refractivity (Wildman–Crippen MR) is 143 cm³/mol. The van der Waals surface area contributed by atoms with E-state index in [2.05, 4.69) is 0 Å². The van der Waals surface area contributed by atoms with Gasteiger partial charge < -0.3 is 24.4 Å². The molecule has 1 heterocycles. The number of rotatable bonds is 9. The Morgan fingerprint density at radius 1 is 1.12 bits per heavy atom. The summed E-state index contributed by atoms with van der Waals surface area (Å²) in [6.45, 7) is 0.781. The summed E-state index contributed by atoms with van der Waals surface area (Å²) in [6, 6.07) is 9.87. The molecule has 1 unspecified atom stereocenters. The maximum atomic E-state index is 14.1. The van der Waals surface area contributed by atoms with Crippen molar-refractivity contribution in [3.63, 3.8) is 0 Å². The molecule has 40 heavy (non-hydrogen) atoms. The molecule has 2 amide bonds. The fourth-order valence-corrected chi connectivity index (χ4v) is 5.86. The van der Waals surface area contributed by atoms with Crippen molar-refractivity contribution in [3.05, 3.63) is 58.6 Å². The zero-order valence-electron chi connectivity index (χ0n) is 22.8. The Bertz CT molecular complexity index is 1250. The highest BCUT2D eigenvalue weighted by atomic mass is 35.5. The number of nitrogens with zero attached hydrogens (tertiary/aromatic N) is 2. The molecule has 1 aliphatic heterocycles. The highest BCUT2D eigenvalue weighted by molar-refractivity contribution is 6.34. The fraction of sp³-hybridized carbons (Fsp3) is 0.517. The third-order valence-electron chi connectivity index (χ3n) is 8.16. The quantitative estimate of drug-likeness (QED) is 0.407. The van der Waals surface area contributed by atoms with Crippen molar-refractivity contribution in [2.75, 3.05) is 40.9 Å². The second-order valence-electron chi connectivity index (χ2n) is 10.8. The van der Waals surface area contributed by atoms with E-state index in [9.17, 15) is 27.9 Å². The molecule has 218 valence electrons. The Kier molecular flexibility index (Phi) is 8.61. The Hall–Kier alpha value is -2.98. The first-order valence-electron chi connectivity index (χ1n) is 13.2. The van der Waals surface area contributed by atoms with Crippen LogP contribution in [-0.2, 0) is 10.4 Å². The van der Waals surface area contributed by atoms with Gasteiger partial charge in [-0.15, -0.1) is 0 Å². The average Bonchev–Trinajstić information content (AvgIpc) is 3.60. The number of likely N-dealkylation sites (tertiary alicyclic amines) is 1. The van der Waals surface area contributed by atoms with Gasteiger partial charge in [-0.1, -0.05) is 23.7 Å². The van der Waals surface area contributed by atoms with Crippen LogP contribution in [0.4, 0.5) is 13.2 Å². The molecular weight excluding hydrogens is 549 g/mol. The largest absolute Gasteiger partial charge is 0.497 e. The van der Waals surface area contributed by atoms with Gasteiger partial charge in [0.25, 0.3) is 17.4 Å². The van der Waals surface area contributed by atoms with E-state index in [1.54, 1.807) is 32.3 Å². The number of methoxy groups -OCH3 is 1. The molecule has 7 nitrogen and oxygen atoms in total. The van der Waals surface area contributed by atoms with Crippen molar-refractivity contribution in [1.29, 1.82) is 0 Å². The third kappa shape index (κ3) is 5.88. The molecule has 1 spiro atoms. The Labute approximate surface area is 236 Å². The molecule has 1 saturated heterocycles. The van der Waals surface area contributed by atoms with Gasteiger partial charge in [0.05, 0.1) is 24.3 Å². The number of carbonyl (C=O) groups is 2. The van der Waals surface area contributed by atoms with Crippen molar-refractivity contribution in [2.45, 2.75) is 43.9 Å². The van der Waals surface area contributed by atoms with Gasteiger partial charge in [-0.25, -0.2) is 0 Å². The minimum absolute atomic E-state index is 0.0145. The normalized spacial score (nSPS) is 19.6. The van der Waals surface area contributed by atoms with E-state index < -0.39 is 23.2 Å². The Morgan fingerprint density at radius 3 is 2.42 bits per heavy atom. The van der Waals surface area contributed by atoms with Crippen LogP contribution in [-0.4, -0.2) is 73.8 Å². The lowest BCUT2D eigenvalue weighted by molar-refractivity contribution is -0.262. The summed E-state index contributed by atoms with van der Waals surface area (Å²) in [4.78, 5) is 27.8. The molecule has 2 fully saturated rings. The lowest BCUT2D eigenvalue weighted by Crippen LogP contribution is -2.57. The third-order valence-corrected chi connectivity index (χ3v) is 8.47. The molecule has 0 aromatic heterocycles. The van der Waals surface area contributed by atoms with Crippen LogP contribution < -0.4 is 9.47 Å². The predicted octanol–water partition coefficient (Wildman–Crippen LogP) is 5.29. The van der Waals surface area contributed by atoms with E-state index in [0.717, 1.165) is 36.3 Å². The lowest BCUT2D eigenvalue weighted by Gasteiger charge is -2.39. The summed E-state index contributed by atoms with van der Waals surface area (Å²) in [5.41, 5.74) is -3.79. The average molecular weight is 583 g/mol. The van der Waals surface area contributed by atoms with Crippen LogP contribution in [0.5, 0.6) is 11.5 Å². The number of hydrogen-bond acceptors (Lipinski definition) is 5. The van der Waals surface area contributed by atoms with Crippen LogP contribution >= 0.6 is 11.6 Å². The molecule has 2 atom stereocenters. The number of carbonyl (C=O) groups excluding carboxylic acids is 2. The van der Waals surface area contributed by atoms with Crippen LogP contribution in [0.3, 0.4) is 0 Å². The summed E-state index contributed by atoms with van der Waals surface area (Å²) in [5, 5.41) is 11.1. The summed E-state index contributed by atoms with van der Waals surface area (Å²) >= 11 is 6.24. The van der Waals surface area contributed by atoms with Gasteiger partial charge in [0, 0.05) is 32.7 Å². The van der Waals surface area contributed by atoms with Gasteiger partial charge in [-0.3, -0.25) is 9.59 Å². The van der Waals surface area contributed by atoms with Gasteiger partial charge in [-0.2, -0.15) is 13.2 Å². The number of aliphatic hydroxyl groups is 1. The van der Waals surface area contributed by atoms with Crippen LogP contribution in [0.1, 0.15) is 48.0 Å². The van der Waals surface area contributed by atoms with E-state index in [0.29, 0.717) is 41.7 Å². The number of halogens is 4. The Balaban J connectivity index is 1.28. The van der Waals surface area contributed by atoms with Crippen LogP contribution in [0.25, 0.3) is 0 Å². The fourth-order valence-electron chi connectivity index (χ4n) is 5.61. The number of hydrogen-bond donors (Lipinski definition) is 1. The molecule has 0 radical (unpaired) electrons. The molecule has 2 aromatic rings. The van der Waals surface area contributed by atoms with E-state index >= 15 is 0 Å². The second kappa shape index (κ2) is 11.5. The molecule has 11 heteroatoms. The highest BCUT2D eigenvalue weighted by Gasteiger charge is 2.63. The summed E-state index contributed by atoms with van der Waals surface area (Å²) in [7, 11) is 4.61. The second-order valence-corrected chi connectivity index (χ2v) is 11.2. The van der Waals surface area contributed by atoms with Crippen LogP contribution in [0, 0.1) is 11.3 Å². The topological polar surface area (TPSA) is 79.3 Å². The van der Waals surface area contributed by atoms with E-state index in [4.69, 9.17) is 21.1 Å². The number of alkyl halides is 3. The molecule has 0 bridgehead atoms. The SMILES string of the molecule is COc1cccc(C(O)(C(=O)N2CCC3(CC2)C[C@@H]3CCCOc2ccc(C(=O)N(C)C)c(Cl)c2)C(F)(F)F)c1. The monoisotopic (exact) mass is 582 g/mol. The van der Waals surface area contributed by atoms with Crippen molar-refractivity contribution in [1.82, 2.24) is 9.80 Å². The van der Waals surface area contributed by atoms with Crippen LogP contribution in [0.2, 0.25) is 5.02 Å². The van der Waals surface area contributed by atoms with E-state index in [1.165, 1.54) is 24.1 Å². The molecule has 1 N–H and O–H groups in total. The lowest BCUT2D eigenvalue weighted by atomic mass is 9.86. The summed E-state index contributed by atoms with van der Waals surface area (Å²) in [5.74, 6) is -0.435. The molecule has 1 aliphatic carbocycles. The van der Waals surface area contributed by atoms with Gasteiger partial charge in [-0.05, 0) is 73.8 Å². The first-order chi connectivity index (χ1) is 18.8. The minimum atomic E-state index is -5.19. The summed E-state index contributed by atoms with van der Waals surface area (Å²) in [6.07, 6.45) is -1.37. The highest BCUT2D eigenvalue weighted by Crippen LogP contribution is 2.61. The zero-order valence-corrected chi connectivity index (χ0v) is 23.5. The molecule has 2 aliphatic rings. The number of piperidine rings is 1. The number of amides is 2. The standard InChI is InChI=1S/C29H34ClF3N2O5/c1-34(2)25(36)23-10-9-22(17-24(23)30)40-15-5-7-20-18-27(20)11-13-35(14-12-27)26(37)28(38,29(31,32)33)19-6-4-8-21(16-19)39-3/h4,6,8-10,16-17,20,38H,5,7,11-15,18H2,1-3H3/t20-,28?/m0/s1. The molecule has 4 rings (SSSR count). The van der Waals surface area contributed by atoms with Crippen molar-refractivity contribution in [3.8, 4) is 11.5 Å². The number of ether oxygens (including phenoxy) is 2. The van der Waals surface area contributed by atoms with Gasteiger partial charge >= 0.3 is 6.18 Å². The smallest absolute Gasteiger partial charge is 0.430 e. The summed E-state index contributed by atoms with van der Waals surface area (Å²) < 4.78 is 53.1. The first-order valence-corrected chi connectivity index (χ1v) is 13.6.